The second-order valence-corrected chi connectivity index (χ2v) is 4.68. The van der Waals surface area contributed by atoms with Crippen LogP contribution >= 0.6 is 24.8 Å². The molecular weight excluding hydrogens is 295 g/mol. The fraction of sp³-hybridized carbons (Fsp3) is 0.467. The van der Waals surface area contributed by atoms with Crippen molar-refractivity contribution in [2.75, 3.05) is 26.2 Å². The van der Waals surface area contributed by atoms with Gasteiger partial charge in [-0.25, -0.2) is 0 Å². The zero-order chi connectivity index (χ0) is 13.0. The molecule has 1 saturated heterocycles. The van der Waals surface area contributed by atoms with E-state index in [2.05, 4.69) is 23.7 Å². The Kier molecular flexibility index (Phi) is 8.90. The summed E-state index contributed by atoms with van der Waals surface area (Å²) in [7, 11) is 0. The van der Waals surface area contributed by atoms with Gasteiger partial charge in [-0.2, -0.15) is 0 Å². The van der Waals surface area contributed by atoms with E-state index < -0.39 is 0 Å². The summed E-state index contributed by atoms with van der Waals surface area (Å²) in [6.45, 7) is 9.98. The first-order valence-corrected chi connectivity index (χ1v) is 6.66. The first-order valence-electron chi connectivity index (χ1n) is 6.66. The SMILES string of the molecule is C=C[C@@H](c1cccc(CC)c1O)N1CCNCC1.Cl.Cl. The number of aryl methyl sites for hydroxylation is 1. The minimum absolute atomic E-state index is 0. The number of nitrogens with one attached hydrogen (secondary N) is 1. The number of phenols is 1. The molecule has 1 aromatic carbocycles. The van der Waals surface area contributed by atoms with Crippen LogP contribution in [0.1, 0.15) is 24.1 Å². The van der Waals surface area contributed by atoms with E-state index in [9.17, 15) is 5.11 Å². The molecule has 1 atom stereocenters. The topological polar surface area (TPSA) is 35.5 Å². The number of hydrogen-bond acceptors (Lipinski definition) is 3. The number of piperazine rings is 1. The fourth-order valence-electron chi connectivity index (χ4n) is 2.57. The van der Waals surface area contributed by atoms with Crippen molar-refractivity contribution in [3.8, 4) is 5.75 Å². The zero-order valence-corrected chi connectivity index (χ0v) is 13.5. The fourth-order valence-corrected chi connectivity index (χ4v) is 2.57. The van der Waals surface area contributed by atoms with Crippen LogP contribution in [0.15, 0.2) is 30.9 Å². The molecule has 0 aromatic heterocycles. The quantitative estimate of drug-likeness (QED) is 0.838. The zero-order valence-electron chi connectivity index (χ0n) is 11.8. The van der Waals surface area contributed by atoms with Crippen LogP contribution in [0.3, 0.4) is 0 Å². The van der Waals surface area contributed by atoms with Gasteiger partial charge >= 0.3 is 0 Å². The molecule has 1 aromatic rings. The third-order valence-corrected chi connectivity index (χ3v) is 3.62. The Bertz CT molecular complexity index is 420. The largest absolute Gasteiger partial charge is 0.507 e. The van der Waals surface area contributed by atoms with Gasteiger partial charge in [-0.3, -0.25) is 4.90 Å². The summed E-state index contributed by atoms with van der Waals surface area (Å²) in [6.07, 6.45) is 2.78. The molecule has 20 heavy (non-hydrogen) atoms. The Morgan fingerprint density at radius 3 is 2.55 bits per heavy atom. The van der Waals surface area contributed by atoms with Gasteiger partial charge in [0, 0.05) is 31.7 Å². The molecule has 2 rings (SSSR count). The molecular formula is C15H24Cl2N2O. The Hall–Kier alpha value is -0.740. The van der Waals surface area contributed by atoms with Gasteiger partial charge in [0.05, 0.1) is 6.04 Å². The van der Waals surface area contributed by atoms with Crippen LogP contribution in [0.4, 0.5) is 0 Å². The van der Waals surface area contributed by atoms with E-state index in [-0.39, 0.29) is 30.9 Å². The Balaban J connectivity index is 0.00000180. The van der Waals surface area contributed by atoms with Gasteiger partial charge in [0.2, 0.25) is 0 Å². The Morgan fingerprint density at radius 2 is 2.00 bits per heavy atom. The standard InChI is InChI=1S/C15H22N2O.2ClH/c1-3-12-6-5-7-13(15(12)18)14(4-2)17-10-8-16-9-11-17;;/h4-7,14,16,18H,2-3,8-11H2,1H3;2*1H/t14-;;/m0../s1. The minimum Gasteiger partial charge on any atom is -0.507 e. The predicted octanol–water partition coefficient (Wildman–Crippen LogP) is 2.93. The molecule has 5 heteroatoms. The molecule has 0 saturated carbocycles. The van der Waals surface area contributed by atoms with Crippen molar-refractivity contribution in [1.29, 1.82) is 0 Å². The summed E-state index contributed by atoms with van der Waals surface area (Å²) in [5, 5.41) is 13.7. The van der Waals surface area contributed by atoms with Crippen molar-refractivity contribution in [2.24, 2.45) is 0 Å². The first kappa shape index (κ1) is 19.3. The van der Waals surface area contributed by atoms with Gasteiger partial charge in [-0.15, -0.1) is 31.4 Å². The van der Waals surface area contributed by atoms with E-state index in [0.29, 0.717) is 5.75 Å². The van der Waals surface area contributed by atoms with Crippen molar-refractivity contribution in [3.63, 3.8) is 0 Å². The molecule has 1 aliphatic heterocycles. The van der Waals surface area contributed by atoms with E-state index >= 15 is 0 Å². The van der Waals surface area contributed by atoms with Crippen LogP contribution < -0.4 is 5.32 Å². The maximum atomic E-state index is 10.3. The van der Waals surface area contributed by atoms with E-state index in [1.807, 2.05) is 24.3 Å². The van der Waals surface area contributed by atoms with Crippen molar-refractivity contribution < 1.29 is 5.11 Å². The number of para-hydroxylation sites is 1. The van der Waals surface area contributed by atoms with Crippen LogP contribution in [0.2, 0.25) is 0 Å². The minimum atomic E-state index is 0. The lowest BCUT2D eigenvalue weighted by Crippen LogP contribution is -2.44. The van der Waals surface area contributed by atoms with Crippen LogP contribution in [-0.2, 0) is 6.42 Å². The summed E-state index contributed by atoms with van der Waals surface area (Å²) in [5.74, 6) is 0.434. The van der Waals surface area contributed by atoms with E-state index in [1.165, 1.54) is 0 Å². The van der Waals surface area contributed by atoms with Crippen LogP contribution in [0.25, 0.3) is 0 Å². The highest BCUT2D eigenvalue weighted by Gasteiger charge is 2.22. The van der Waals surface area contributed by atoms with Gasteiger partial charge in [0.25, 0.3) is 0 Å². The lowest BCUT2D eigenvalue weighted by Gasteiger charge is -2.34. The predicted molar refractivity (Wildman–Crippen MR) is 89.4 cm³/mol. The van der Waals surface area contributed by atoms with Crippen molar-refractivity contribution in [1.82, 2.24) is 10.2 Å². The highest BCUT2D eigenvalue weighted by atomic mass is 35.5. The van der Waals surface area contributed by atoms with E-state index in [0.717, 1.165) is 43.7 Å². The third kappa shape index (κ3) is 4.13. The maximum absolute atomic E-state index is 10.3. The molecule has 1 fully saturated rings. The van der Waals surface area contributed by atoms with Crippen molar-refractivity contribution in [2.45, 2.75) is 19.4 Å². The average Bonchev–Trinajstić information content (AvgIpc) is 2.43. The smallest absolute Gasteiger partial charge is 0.123 e. The second-order valence-electron chi connectivity index (χ2n) is 4.68. The number of nitrogens with zero attached hydrogens (tertiary/aromatic N) is 1. The molecule has 0 amide bonds. The highest BCUT2D eigenvalue weighted by Crippen LogP contribution is 2.32. The molecule has 0 aliphatic carbocycles. The summed E-state index contributed by atoms with van der Waals surface area (Å²) in [4.78, 5) is 2.36. The van der Waals surface area contributed by atoms with Crippen LogP contribution in [0.5, 0.6) is 5.75 Å². The second kappa shape index (κ2) is 9.24. The molecule has 2 N–H and O–H groups in total. The van der Waals surface area contributed by atoms with E-state index in [1.54, 1.807) is 0 Å². The first-order chi connectivity index (χ1) is 8.77. The molecule has 0 bridgehead atoms. The number of halogens is 2. The van der Waals surface area contributed by atoms with Gasteiger partial charge in [-0.1, -0.05) is 31.2 Å². The monoisotopic (exact) mass is 318 g/mol. The number of hydrogen-bond donors (Lipinski definition) is 2. The number of rotatable bonds is 4. The number of phenolic OH excluding ortho intramolecular Hbond substituents is 1. The molecule has 0 spiro atoms. The lowest BCUT2D eigenvalue weighted by molar-refractivity contribution is 0.201. The number of aromatic hydroxyl groups is 1. The Morgan fingerprint density at radius 1 is 1.35 bits per heavy atom. The van der Waals surface area contributed by atoms with Gasteiger partial charge in [0.15, 0.2) is 0 Å². The Labute approximate surface area is 133 Å². The summed E-state index contributed by atoms with van der Waals surface area (Å²) < 4.78 is 0. The van der Waals surface area contributed by atoms with Gasteiger partial charge < -0.3 is 10.4 Å². The van der Waals surface area contributed by atoms with E-state index in [4.69, 9.17) is 0 Å². The molecule has 114 valence electrons. The van der Waals surface area contributed by atoms with Gasteiger partial charge in [0.1, 0.15) is 5.75 Å². The molecule has 1 heterocycles. The normalized spacial score (nSPS) is 16.6. The van der Waals surface area contributed by atoms with Gasteiger partial charge in [-0.05, 0) is 12.0 Å². The summed E-state index contributed by atoms with van der Waals surface area (Å²) in [5.41, 5.74) is 1.99. The molecule has 1 aliphatic rings. The maximum Gasteiger partial charge on any atom is 0.123 e. The lowest BCUT2D eigenvalue weighted by atomic mass is 9.99. The molecule has 0 radical (unpaired) electrons. The third-order valence-electron chi connectivity index (χ3n) is 3.62. The van der Waals surface area contributed by atoms with Crippen LogP contribution in [-0.4, -0.2) is 36.2 Å². The van der Waals surface area contributed by atoms with Crippen LogP contribution in [0, 0.1) is 0 Å². The average molecular weight is 319 g/mol. The highest BCUT2D eigenvalue weighted by molar-refractivity contribution is 5.85. The van der Waals surface area contributed by atoms with Crippen molar-refractivity contribution in [3.05, 3.63) is 42.0 Å². The molecule has 3 nitrogen and oxygen atoms in total. The summed E-state index contributed by atoms with van der Waals surface area (Å²) >= 11 is 0. The van der Waals surface area contributed by atoms with Crippen molar-refractivity contribution >= 4 is 24.8 Å². The number of benzene rings is 1. The molecule has 0 unspecified atom stereocenters. The summed E-state index contributed by atoms with van der Waals surface area (Å²) in [6, 6.07) is 6.12.